The van der Waals surface area contributed by atoms with E-state index >= 15 is 0 Å². The zero-order valence-corrected chi connectivity index (χ0v) is 17.4. The molecule has 3 heterocycles. The number of thiophene rings is 1. The first-order valence-corrected chi connectivity index (χ1v) is 10.5. The Bertz CT molecular complexity index is 1050. The van der Waals surface area contributed by atoms with Crippen LogP contribution in [0.5, 0.6) is 0 Å². The number of amides is 2. The van der Waals surface area contributed by atoms with Crippen LogP contribution in [0, 0.1) is 6.92 Å². The number of rotatable bonds is 5. The van der Waals surface area contributed by atoms with E-state index in [4.69, 9.17) is 9.15 Å². The Morgan fingerprint density at radius 1 is 1.10 bits per heavy atom. The minimum Gasteiger partial charge on any atom is -0.465 e. The van der Waals surface area contributed by atoms with Crippen LogP contribution < -0.4 is 5.32 Å². The van der Waals surface area contributed by atoms with Crippen LogP contribution in [-0.2, 0) is 9.53 Å². The summed E-state index contributed by atoms with van der Waals surface area (Å²) < 4.78 is 10.6. The molecule has 30 heavy (non-hydrogen) atoms. The summed E-state index contributed by atoms with van der Waals surface area (Å²) in [4.78, 5) is 28.6. The number of hydrogen-bond donors (Lipinski definition) is 1. The Balaban J connectivity index is 1.66. The van der Waals surface area contributed by atoms with Crippen molar-refractivity contribution in [1.29, 1.82) is 0 Å². The third kappa shape index (κ3) is 4.37. The lowest BCUT2D eigenvalue weighted by Gasteiger charge is -2.27. The quantitative estimate of drug-likeness (QED) is 0.617. The Hall–Kier alpha value is -3.16. The summed E-state index contributed by atoms with van der Waals surface area (Å²) in [6, 6.07) is 13.4. The smallest absolute Gasteiger partial charge is 0.257 e. The minimum atomic E-state index is -0.316. The van der Waals surface area contributed by atoms with E-state index in [1.807, 2.05) is 37.3 Å². The van der Waals surface area contributed by atoms with E-state index in [1.165, 1.54) is 17.4 Å². The summed E-state index contributed by atoms with van der Waals surface area (Å²) in [5, 5.41) is 3.45. The molecule has 4 rings (SSSR count). The lowest BCUT2D eigenvalue weighted by molar-refractivity contribution is -0.111. The fraction of sp³-hybridized carbons (Fsp3) is 0.217. The van der Waals surface area contributed by atoms with Crippen LogP contribution in [0.4, 0.5) is 5.00 Å². The molecule has 0 atom stereocenters. The number of carbonyl (C=O) groups is 2. The molecule has 0 unspecified atom stereocenters. The molecule has 0 aliphatic carbocycles. The van der Waals surface area contributed by atoms with E-state index in [0.717, 1.165) is 16.0 Å². The predicted octanol–water partition coefficient (Wildman–Crippen LogP) is 4.44. The average Bonchev–Trinajstić information content (AvgIpc) is 3.41. The van der Waals surface area contributed by atoms with Crippen LogP contribution in [0.25, 0.3) is 16.5 Å². The van der Waals surface area contributed by atoms with Crippen molar-refractivity contribution in [3.05, 3.63) is 71.7 Å². The van der Waals surface area contributed by atoms with Gasteiger partial charge in [0.25, 0.3) is 5.91 Å². The first kappa shape index (κ1) is 20.1. The van der Waals surface area contributed by atoms with Gasteiger partial charge in [0.05, 0.1) is 25.0 Å². The Kier molecular flexibility index (Phi) is 6.11. The zero-order valence-electron chi connectivity index (χ0n) is 16.6. The summed E-state index contributed by atoms with van der Waals surface area (Å²) in [7, 11) is 0. The number of ether oxygens (including phenoxy) is 1. The van der Waals surface area contributed by atoms with Crippen molar-refractivity contribution < 1.29 is 18.7 Å². The topological polar surface area (TPSA) is 71.8 Å². The molecule has 154 valence electrons. The van der Waals surface area contributed by atoms with Crippen LogP contribution >= 0.6 is 11.3 Å². The lowest BCUT2D eigenvalue weighted by Crippen LogP contribution is -2.41. The SMILES string of the molecule is Cc1c(-c2ccccc2)sc(NC(=O)C=Cc2ccco2)c1C(=O)N1CCOCC1. The van der Waals surface area contributed by atoms with Gasteiger partial charge in [-0.2, -0.15) is 0 Å². The highest BCUT2D eigenvalue weighted by molar-refractivity contribution is 7.20. The monoisotopic (exact) mass is 422 g/mol. The van der Waals surface area contributed by atoms with Gasteiger partial charge in [-0.1, -0.05) is 30.3 Å². The summed E-state index contributed by atoms with van der Waals surface area (Å²) in [5.41, 5.74) is 2.43. The normalized spacial score (nSPS) is 14.2. The number of anilines is 1. The highest BCUT2D eigenvalue weighted by Gasteiger charge is 2.27. The van der Waals surface area contributed by atoms with E-state index in [1.54, 1.807) is 29.4 Å². The Labute approximate surface area is 178 Å². The molecule has 0 saturated carbocycles. The third-order valence-corrected chi connectivity index (χ3v) is 6.13. The van der Waals surface area contributed by atoms with Crippen LogP contribution in [0.1, 0.15) is 21.7 Å². The van der Waals surface area contributed by atoms with Crippen molar-refractivity contribution in [3.63, 3.8) is 0 Å². The molecule has 7 heteroatoms. The number of nitrogens with one attached hydrogen (secondary N) is 1. The maximum Gasteiger partial charge on any atom is 0.257 e. The summed E-state index contributed by atoms with van der Waals surface area (Å²) >= 11 is 1.42. The van der Waals surface area contributed by atoms with E-state index in [-0.39, 0.29) is 11.8 Å². The van der Waals surface area contributed by atoms with Gasteiger partial charge in [-0.15, -0.1) is 11.3 Å². The highest BCUT2D eigenvalue weighted by atomic mass is 32.1. The molecular weight excluding hydrogens is 400 g/mol. The first-order chi connectivity index (χ1) is 14.6. The van der Waals surface area contributed by atoms with E-state index in [2.05, 4.69) is 5.32 Å². The number of morpholine rings is 1. The van der Waals surface area contributed by atoms with Gasteiger partial charge in [0.2, 0.25) is 5.91 Å². The number of carbonyl (C=O) groups excluding carboxylic acids is 2. The fourth-order valence-electron chi connectivity index (χ4n) is 3.35. The van der Waals surface area contributed by atoms with Crippen molar-refractivity contribution in [2.24, 2.45) is 0 Å². The number of furan rings is 1. The van der Waals surface area contributed by atoms with Gasteiger partial charge < -0.3 is 19.4 Å². The van der Waals surface area contributed by atoms with Crippen LogP contribution in [0.2, 0.25) is 0 Å². The minimum absolute atomic E-state index is 0.0838. The van der Waals surface area contributed by atoms with E-state index < -0.39 is 0 Å². The van der Waals surface area contributed by atoms with Gasteiger partial charge in [0.1, 0.15) is 10.8 Å². The molecule has 6 nitrogen and oxygen atoms in total. The Morgan fingerprint density at radius 3 is 2.57 bits per heavy atom. The summed E-state index contributed by atoms with van der Waals surface area (Å²) in [6.07, 6.45) is 4.54. The molecule has 1 aromatic carbocycles. The van der Waals surface area contributed by atoms with Crippen LogP contribution in [0.3, 0.4) is 0 Å². The predicted molar refractivity (Wildman–Crippen MR) is 118 cm³/mol. The second-order valence-electron chi connectivity index (χ2n) is 6.87. The average molecular weight is 423 g/mol. The van der Waals surface area contributed by atoms with Crippen molar-refractivity contribution in [2.75, 3.05) is 31.6 Å². The molecule has 1 fully saturated rings. The van der Waals surface area contributed by atoms with Gasteiger partial charge >= 0.3 is 0 Å². The maximum absolute atomic E-state index is 13.3. The molecule has 1 saturated heterocycles. The van der Waals surface area contributed by atoms with Crippen molar-refractivity contribution in [1.82, 2.24) is 4.90 Å². The third-order valence-electron chi connectivity index (χ3n) is 4.87. The van der Waals surface area contributed by atoms with Crippen molar-refractivity contribution in [3.8, 4) is 10.4 Å². The molecule has 2 aromatic heterocycles. The second kappa shape index (κ2) is 9.11. The molecule has 1 aliphatic rings. The lowest BCUT2D eigenvalue weighted by atomic mass is 10.1. The molecule has 0 bridgehead atoms. The standard InChI is InChI=1S/C23H22N2O4S/c1-16-20(23(27)25-11-14-28-15-12-25)22(30-21(16)17-6-3-2-4-7-17)24-19(26)10-9-18-8-5-13-29-18/h2-10,13H,11-12,14-15H2,1H3,(H,24,26). The van der Waals surface area contributed by atoms with Gasteiger partial charge in [0, 0.05) is 24.0 Å². The second-order valence-corrected chi connectivity index (χ2v) is 7.89. The summed E-state index contributed by atoms with van der Waals surface area (Å²) in [6.45, 7) is 4.06. The highest BCUT2D eigenvalue weighted by Crippen LogP contribution is 2.40. The van der Waals surface area contributed by atoms with Crippen molar-refractivity contribution >= 4 is 34.2 Å². The molecule has 1 aliphatic heterocycles. The largest absolute Gasteiger partial charge is 0.465 e. The van der Waals surface area contributed by atoms with E-state index in [9.17, 15) is 9.59 Å². The van der Waals surface area contributed by atoms with Gasteiger partial charge in [0.15, 0.2) is 0 Å². The number of nitrogens with zero attached hydrogens (tertiary/aromatic N) is 1. The van der Waals surface area contributed by atoms with Gasteiger partial charge in [-0.05, 0) is 36.3 Å². The van der Waals surface area contributed by atoms with Crippen molar-refractivity contribution in [2.45, 2.75) is 6.92 Å². The molecule has 0 radical (unpaired) electrons. The molecule has 1 N–H and O–H groups in total. The maximum atomic E-state index is 13.3. The molecule has 2 amide bonds. The van der Waals surface area contributed by atoms with E-state index in [0.29, 0.717) is 42.6 Å². The van der Waals surface area contributed by atoms with Gasteiger partial charge in [-0.3, -0.25) is 9.59 Å². The fourth-order valence-corrected chi connectivity index (χ4v) is 4.55. The molecule has 0 spiro atoms. The summed E-state index contributed by atoms with van der Waals surface area (Å²) in [5.74, 6) is 0.185. The Morgan fingerprint density at radius 2 is 1.87 bits per heavy atom. The number of hydrogen-bond acceptors (Lipinski definition) is 5. The molecular formula is C23H22N2O4S. The first-order valence-electron chi connectivity index (χ1n) is 9.72. The van der Waals surface area contributed by atoms with Gasteiger partial charge in [-0.25, -0.2) is 0 Å². The molecule has 3 aromatic rings. The van der Waals surface area contributed by atoms with Crippen LogP contribution in [-0.4, -0.2) is 43.0 Å². The number of benzene rings is 1. The zero-order chi connectivity index (χ0) is 20.9. The van der Waals surface area contributed by atoms with Crippen LogP contribution in [0.15, 0.2) is 59.2 Å².